The van der Waals surface area contributed by atoms with Gasteiger partial charge in [0.15, 0.2) is 0 Å². The maximum atomic E-state index is 12.7. The smallest absolute Gasteiger partial charge is 0.255 e. The van der Waals surface area contributed by atoms with Crippen LogP contribution < -0.4 is 10.1 Å². The van der Waals surface area contributed by atoms with Gasteiger partial charge in [-0.2, -0.15) is 0 Å². The van der Waals surface area contributed by atoms with Gasteiger partial charge in [0.2, 0.25) is 0 Å². The minimum absolute atomic E-state index is 0.0999. The predicted octanol–water partition coefficient (Wildman–Crippen LogP) is 4.05. The van der Waals surface area contributed by atoms with E-state index in [4.69, 9.17) is 4.74 Å². The van der Waals surface area contributed by atoms with Gasteiger partial charge in [-0.05, 0) is 75.0 Å². The highest BCUT2D eigenvalue weighted by atomic mass is 16.5. The van der Waals surface area contributed by atoms with Gasteiger partial charge in [0, 0.05) is 44.0 Å². The van der Waals surface area contributed by atoms with Crippen LogP contribution in [0.4, 0.5) is 5.69 Å². The largest absolute Gasteiger partial charge is 0.490 e. The van der Waals surface area contributed by atoms with E-state index in [-0.39, 0.29) is 5.91 Å². The molecule has 2 fully saturated rings. The molecule has 1 saturated heterocycles. The molecule has 2 aliphatic rings. The number of nitrogens with zero attached hydrogens (tertiary/aromatic N) is 2. The molecule has 1 aliphatic carbocycles. The monoisotopic (exact) mass is 407 g/mol. The molecule has 2 aromatic rings. The summed E-state index contributed by atoms with van der Waals surface area (Å²) in [5, 5.41) is 3.01. The van der Waals surface area contributed by atoms with E-state index in [1.165, 1.54) is 18.4 Å². The first-order chi connectivity index (χ1) is 14.7. The normalized spacial score (nSPS) is 18.4. The minimum atomic E-state index is -0.0999. The lowest BCUT2D eigenvalue weighted by Gasteiger charge is -2.32. The number of rotatable bonds is 7. The summed E-state index contributed by atoms with van der Waals surface area (Å²) in [6.45, 7) is 5.69. The zero-order chi connectivity index (χ0) is 20.8. The molecule has 0 bridgehead atoms. The Balaban J connectivity index is 1.28. The van der Waals surface area contributed by atoms with Crippen molar-refractivity contribution in [2.75, 3.05) is 45.1 Å². The fourth-order valence-corrected chi connectivity index (χ4v) is 4.23. The molecule has 5 nitrogen and oxygen atoms in total. The van der Waals surface area contributed by atoms with Crippen LogP contribution in [0.15, 0.2) is 48.5 Å². The lowest BCUT2D eigenvalue weighted by Crippen LogP contribution is -2.45. The van der Waals surface area contributed by atoms with E-state index in [9.17, 15) is 4.79 Å². The first-order valence-corrected chi connectivity index (χ1v) is 11.2. The number of hydrogen-bond donors (Lipinski definition) is 1. The Morgan fingerprint density at radius 1 is 1.03 bits per heavy atom. The molecule has 1 heterocycles. The summed E-state index contributed by atoms with van der Waals surface area (Å²) in [5.74, 6) is 0.686. The zero-order valence-corrected chi connectivity index (χ0v) is 18.0. The van der Waals surface area contributed by atoms with Crippen LogP contribution in [0.5, 0.6) is 5.75 Å². The molecule has 2 aromatic carbocycles. The number of carbonyl (C=O) groups is 1. The molecule has 160 valence electrons. The summed E-state index contributed by atoms with van der Waals surface area (Å²) in [6.07, 6.45) is 6.02. The van der Waals surface area contributed by atoms with Crippen molar-refractivity contribution in [2.45, 2.75) is 38.2 Å². The second kappa shape index (κ2) is 10.1. The molecule has 1 N–H and O–H groups in total. The van der Waals surface area contributed by atoms with Gasteiger partial charge in [-0.15, -0.1) is 0 Å². The Labute approximate surface area is 180 Å². The maximum Gasteiger partial charge on any atom is 0.255 e. The highest BCUT2D eigenvalue weighted by Gasteiger charge is 2.17. The van der Waals surface area contributed by atoms with E-state index in [2.05, 4.69) is 34.3 Å². The fraction of sp³-hybridized carbons (Fsp3) is 0.480. The number of anilines is 1. The molecule has 0 unspecified atom stereocenters. The van der Waals surface area contributed by atoms with Crippen LogP contribution in [0.2, 0.25) is 0 Å². The molecule has 5 heteroatoms. The van der Waals surface area contributed by atoms with Crippen molar-refractivity contribution < 1.29 is 9.53 Å². The van der Waals surface area contributed by atoms with Gasteiger partial charge >= 0.3 is 0 Å². The first kappa shape index (κ1) is 20.9. The average Bonchev–Trinajstić information content (AvgIpc) is 3.27. The van der Waals surface area contributed by atoms with Gasteiger partial charge in [0.05, 0.1) is 6.10 Å². The van der Waals surface area contributed by atoms with Crippen molar-refractivity contribution in [3.05, 3.63) is 59.7 Å². The molecule has 0 spiro atoms. The molecule has 1 aliphatic heterocycles. The van der Waals surface area contributed by atoms with Crippen LogP contribution in [0.3, 0.4) is 0 Å². The zero-order valence-electron chi connectivity index (χ0n) is 18.0. The minimum Gasteiger partial charge on any atom is -0.490 e. The van der Waals surface area contributed by atoms with E-state index < -0.39 is 0 Å². The number of ether oxygens (including phenoxy) is 1. The van der Waals surface area contributed by atoms with E-state index in [1.54, 1.807) is 0 Å². The Morgan fingerprint density at radius 2 is 1.77 bits per heavy atom. The number of nitrogens with one attached hydrogen (secondary N) is 1. The van der Waals surface area contributed by atoms with E-state index in [0.29, 0.717) is 11.7 Å². The van der Waals surface area contributed by atoms with Gasteiger partial charge in [-0.1, -0.05) is 18.2 Å². The standard InChI is InChI=1S/C25H33N3O2/c1-27-15-17-28(18-16-27)14-13-20-9-11-22(12-10-20)26-25(29)21-5-4-8-24(19-21)30-23-6-2-3-7-23/h4-5,8-12,19,23H,2-3,6-7,13-18H2,1H3,(H,26,29). The van der Waals surface area contributed by atoms with Crippen LogP contribution in [-0.2, 0) is 6.42 Å². The third-order valence-corrected chi connectivity index (χ3v) is 6.23. The molecule has 0 radical (unpaired) electrons. The summed E-state index contributed by atoms with van der Waals surface area (Å²) in [4.78, 5) is 17.6. The number of hydrogen-bond acceptors (Lipinski definition) is 4. The summed E-state index contributed by atoms with van der Waals surface area (Å²) in [6, 6.07) is 15.7. The van der Waals surface area contributed by atoms with E-state index in [1.807, 2.05) is 36.4 Å². The van der Waals surface area contributed by atoms with Gasteiger partial charge in [0.25, 0.3) is 5.91 Å². The van der Waals surface area contributed by atoms with Gasteiger partial charge in [-0.3, -0.25) is 4.79 Å². The summed E-state index contributed by atoms with van der Waals surface area (Å²) < 4.78 is 6.03. The van der Waals surface area contributed by atoms with Crippen molar-refractivity contribution in [1.82, 2.24) is 9.80 Å². The van der Waals surface area contributed by atoms with E-state index >= 15 is 0 Å². The Bertz CT molecular complexity index is 823. The molecule has 0 aromatic heterocycles. The number of amides is 1. The molecule has 4 rings (SSSR count). The van der Waals surface area contributed by atoms with Crippen molar-refractivity contribution in [3.8, 4) is 5.75 Å². The van der Waals surface area contributed by atoms with Crippen LogP contribution >= 0.6 is 0 Å². The van der Waals surface area contributed by atoms with Crippen LogP contribution in [0.1, 0.15) is 41.6 Å². The number of carbonyl (C=O) groups excluding carboxylic acids is 1. The fourth-order valence-electron chi connectivity index (χ4n) is 4.23. The van der Waals surface area contributed by atoms with Crippen molar-refractivity contribution in [1.29, 1.82) is 0 Å². The quantitative estimate of drug-likeness (QED) is 0.752. The van der Waals surface area contributed by atoms with Crippen molar-refractivity contribution >= 4 is 11.6 Å². The Kier molecular flexibility index (Phi) is 7.03. The summed E-state index contributed by atoms with van der Waals surface area (Å²) in [7, 11) is 2.18. The lowest BCUT2D eigenvalue weighted by molar-refractivity contribution is 0.102. The molecule has 1 saturated carbocycles. The summed E-state index contributed by atoms with van der Waals surface area (Å²) >= 11 is 0. The van der Waals surface area contributed by atoms with Gasteiger partial charge in [0.1, 0.15) is 5.75 Å². The molecule has 0 atom stereocenters. The second-order valence-electron chi connectivity index (χ2n) is 8.60. The number of benzene rings is 2. The lowest BCUT2D eigenvalue weighted by atomic mass is 10.1. The molecular weight excluding hydrogens is 374 g/mol. The third-order valence-electron chi connectivity index (χ3n) is 6.23. The van der Waals surface area contributed by atoms with Crippen LogP contribution in [0.25, 0.3) is 0 Å². The highest BCUT2D eigenvalue weighted by molar-refractivity contribution is 6.04. The number of likely N-dealkylation sites (N-methyl/N-ethyl adjacent to an activating group) is 1. The van der Waals surface area contributed by atoms with E-state index in [0.717, 1.165) is 63.4 Å². The maximum absolute atomic E-state index is 12.7. The SMILES string of the molecule is CN1CCN(CCc2ccc(NC(=O)c3cccc(OC4CCCC4)c3)cc2)CC1. The molecular formula is C25H33N3O2. The predicted molar refractivity (Wildman–Crippen MR) is 121 cm³/mol. The molecule has 1 amide bonds. The number of piperazine rings is 1. The van der Waals surface area contributed by atoms with Crippen molar-refractivity contribution in [3.63, 3.8) is 0 Å². The van der Waals surface area contributed by atoms with Gasteiger partial charge in [-0.25, -0.2) is 0 Å². The topological polar surface area (TPSA) is 44.8 Å². The molecule has 30 heavy (non-hydrogen) atoms. The summed E-state index contributed by atoms with van der Waals surface area (Å²) in [5.41, 5.74) is 2.76. The van der Waals surface area contributed by atoms with Gasteiger partial charge < -0.3 is 19.9 Å². The van der Waals surface area contributed by atoms with Crippen LogP contribution in [0, 0.1) is 0 Å². The Morgan fingerprint density at radius 3 is 2.50 bits per heavy atom. The first-order valence-electron chi connectivity index (χ1n) is 11.2. The van der Waals surface area contributed by atoms with Crippen molar-refractivity contribution in [2.24, 2.45) is 0 Å². The Hall–Kier alpha value is -2.37. The third kappa shape index (κ3) is 5.83. The van der Waals surface area contributed by atoms with Crippen LogP contribution in [-0.4, -0.2) is 61.6 Å². The average molecular weight is 408 g/mol. The second-order valence-corrected chi connectivity index (χ2v) is 8.60. The highest BCUT2D eigenvalue weighted by Crippen LogP contribution is 2.25.